The van der Waals surface area contributed by atoms with Gasteiger partial charge >= 0.3 is 0 Å². The summed E-state index contributed by atoms with van der Waals surface area (Å²) in [5.74, 6) is 0.367. The Morgan fingerprint density at radius 3 is 2.72 bits per heavy atom. The van der Waals surface area contributed by atoms with Crippen molar-refractivity contribution in [3.63, 3.8) is 0 Å². The number of hydrogen-bond donors (Lipinski definition) is 2. The second kappa shape index (κ2) is 9.78. The number of ether oxygens (including phenoxy) is 2. The van der Waals surface area contributed by atoms with E-state index in [0.29, 0.717) is 35.1 Å². The van der Waals surface area contributed by atoms with Gasteiger partial charge in [-0.25, -0.2) is 4.39 Å². The monoisotopic (exact) mass is 436 g/mol. The highest BCUT2D eigenvalue weighted by Gasteiger charge is 2.23. The standard InChI is InChI=1S/C25H25FN2O4/c1-31-24-8-6-17(11-21(24)26)13-28-25(30)20-12-18(19-3-2-10-27-22(19)14-29)7-9-23(20)32-15-16-4-5-16/h2-3,6-12,16,29H,4-5,13-15H2,1H3,(H,28,30). The summed E-state index contributed by atoms with van der Waals surface area (Å²) in [6.07, 6.45) is 3.89. The molecule has 2 N–H and O–H groups in total. The van der Waals surface area contributed by atoms with E-state index in [9.17, 15) is 14.3 Å². The number of carbonyl (C=O) groups excluding carboxylic acids is 1. The van der Waals surface area contributed by atoms with Crippen LogP contribution in [0.3, 0.4) is 0 Å². The lowest BCUT2D eigenvalue weighted by Crippen LogP contribution is -2.24. The van der Waals surface area contributed by atoms with E-state index in [2.05, 4.69) is 10.3 Å². The molecule has 1 saturated carbocycles. The molecule has 0 saturated heterocycles. The summed E-state index contributed by atoms with van der Waals surface area (Å²) in [6.45, 7) is 0.513. The van der Waals surface area contributed by atoms with Crippen LogP contribution in [0.4, 0.5) is 4.39 Å². The molecule has 7 heteroatoms. The number of nitrogens with one attached hydrogen (secondary N) is 1. The predicted molar refractivity (Wildman–Crippen MR) is 118 cm³/mol. The molecule has 0 radical (unpaired) electrons. The predicted octanol–water partition coefficient (Wildman–Crippen LogP) is 4.11. The Hall–Kier alpha value is -3.45. The molecule has 0 aliphatic heterocycles. The number of rotatable bonds is 9. The van der Waals surface area contributed by atoms with Crippen molar-refractivity contribution < 1.29 is 23.8 Å². The van der Waals surface area contributed by atoms with Crippen LogP contribution in [0.2, 0.25) is 0 Å². The fourth-order valence-corrected chi connectivity index (χ4v) is 3.42. The zero-order valence-electron chi connectivity index (χ0n) is 17.8. The number of hydrogen-bond acceptors (Lipinski definition) is 5. The largest absolute Gasteiger partial charge is 0.494 e. The quantitative estimate of drug-likeness (QED) is 0.528. The fraction of sp³-hybridized carbons (Fsp3) is 0.280. The van der Waals surface area contributed by atoms with Crippen LogP contribution in [0, 0.1) is 11.7 Å². The molecule has 1 amide bonds. The zero-order chi connectivity index (χ0) is 22.5. The van der Waals surface area contributed by atoms with Gasteiger partial charge in [0.1, 0.15) is 5.75 Å². The van der Waals surface area contributed by atoms with E-state index < -0.39 is 5.82 Å². The Bertz CT molecular complexity index is 1110. The third-order valence-electron chi connectivity index (χ3n) is 5.42. The molecule has 0 unspecified atom stereocenters. The fourth-order valence-electron chi connectivity index (χ4n) is 3.42. The van der Waals surface area contributed by atoms with Gasteiger partial charge in [-0.05, 0) is 60.2 Å². The SMILES string of the molecule is COc1ccc(CNC(=O)c2cc(-c3cccnc3CO)ccc2OCC2CC2)cc1F. The lowest BCUT2D eigenvalue weighted by Gasteiger charge is -2.15. The summed E-state index contributed by atoms with van der Waals surface area (Å²) in [6, 6.07) is 13.6. The smallest absolute Gasteiger partial charge is 0.255 e. The van der Waals surface area contributed by atoms with Crippen LogP contribution in [-0.4, -0.2) is 29.7 Å². The van der Waals surface area contributed by atoms with E-state index in [-0.39, 0.29) is 24.8 Å². The Morgan fingerprint density at radius 2 is 2.00 bits per heavy atom. The maximum absolute atomic E-state index is 14.0. The second-order valence-electron chi connectivity index (χ2n) is 7.77. The normalized spacial score (nSPS) is 13.0. The first-order chi connectivity index (χ1) is 15.6. The molecular formula is C25H25FN2O4. The van der Waals surface area contributed by atoms with Crippen LogP contribution in [0.1, 0.15) is 34.5 Å². The van der Waals surface area contributed by atoms with Gasteiger partial charge in [-0.2, -0.15) is 0 Å². The van der Waals surface area contributed by atoms with E-state index in [1.165, 1.54) is 19.2 Å². The molecule has 1 aromatic heterocycles. The van der Waals surface area contributed by atoms with Crippen LogP contribution in [0.5, 0.6) is 11.5 Å². The van der Waals surface area contributed by atoms with Crippen LogP contribution >= 0.6 is 0 Å². The van der Waals surface area contributed by atoms with Crippen molar-refractivity contribution in [1.29, 1.82) is 0 Å². The van der Waals surface area contributed by atoms with Crippen molar-refractivity contribution in [3.05, 3.63) is 77.4 Å². The number of pyridine rings is 1. The van der Waals surface area contributed by atoms with Gasteiger partial charge in [-0.15, -0.1) is 0 Å². The van der Waals surface area contributed by atoms with E-state index >= 15 is 0 Å². The molecule has 1 heterocycles. The number of aliphatic hydroxyl groups is 1. The molecule has 1 fully saturated rings. The third kappa shape index (κ3) is 5.06. The molecule has 166 valence electrons. The molecule has 2 aromatic carbocycles. The van der Waals surface area contributed by atoms with Crippen molar-refractivity contribution in [3.8, 4) is 22.6 Å². The zero-order valence-corrected chi connectivity index (χ0v) is 17.8. The number of nitrogens with zero attached hydrogens (tertiary/aromatic N) is 1. The summed E-state index contributed by atoms with van der Waals surface area (Å²) >= 11 is 0. The minimum Gasteiger partial charge on any atom is -0.494 e. The molecule has 6 nitrogen and oxygen atoms in total. The molecular weight excluding hydrogens is 411 g/mol. The number of aromatic nitrogens is 1. The summed E-state index contributed by atoms with van der Waals surface area (Å²) in [5.41, 5.74) is 3.02. The van der Waals surface area contributed by atoms with Crippen molar-refractivity contribution in [2.24, 2.45) is 5.92 Å². The minimum atomic E-state index is -0.484. The molecule has 0 atom stereocenters. The Labute approximate surface area is 186 Å². The third-order valence-corrected chi connectivity index (χ3v) is 5.42. The van der Waals surface area contributed by atoms with Gasteiger partial charge < -0.3 is 19.9 Å². The van der Waals surface area contributed by atoms with Crippen LogP contribution < -0.4 is 14.8 Å². The van der Waals surface area contributed by atoms with Crippen molar-refractivity contribution in [2.75, 3.05) is 13.7 Å². The maximum atomic E-state index is 14.0. The van der Waals surface area contributed by atoms with Crippen LogP contribution in [-0.2, 0) is 13.2 Å². The number of benzene rings is 2. The van der Waals surface area contributed by atoms with Gasteiger partial charge in [0.2, 0.25) is 0 Å². The molecule has 0 spiro atoms. The maximum Gasteiger partial charge on any atom is 0.255 e. The average molecular weight is 436 g/mol. The molecule has 3 aromatic rings. The lowest BCUT2D eigenvalue weighted by atomic mass is 10.0. The number of aliphatic hydroxyl groups excluding tert-OH is 1. The number of carbonyl (C=O) groups is 1. The van der Waals surface area contributed by atoms with Crippen molar-refractivity contribution in [1.82, 2.24) is 10.3 Å². The highest BCUT2D eigenvalue weighted by atomic mass is 19.1. The summed E-state index contributed by atoms with van der Waals surface area (Å²) in [7, 11) is 1.40. The highest BCUT2D eigenvalue weighted by molar-refractivity contribution is 5.98. The topological polar surface area (TPSA) is 80.7 Å². The van der Waals surface area contributed by atoms with E-state index in [0.717, 1.165) is 24.0 Å². The second-order valence-corrected chi connectivity index (χ2v) is 7.77. The number of halogens is 1. The van der Waals surface area contributed by atoms with E-state index in [4.69, 9.17) is 9.47 Å². The Morgan fingerprint density at radius 1 is 1.19 bits per heavy atom. The molecule has 1 aliphatic rings. The number of methoxy groups -OCH3 is 1. The summed E-state index contributed by atoms with van der Waals surface area (Å²) in [4.78, 5) is 17.3. The molecule has 1 aliphatic carbocycles. The van der Waals surface area contributed by atoms with Gasteiger partial charge in [0, 0.05) is 18.3 Å². The van der Waals surface area contributed by atoms with E-state index in [1.54, 1.807) is 30.5 Å². The van der Waals surface area contributed by atoms with Crippen LogP contribution in [0.25, 0.3) is 11.1 Å². The van der Waals surface area contributed by atoms with Gasteiger partial charge in [-0.1, -0.05) is 18.2 Å². The average Bonchev–Trinajstić information content (AvgIpc) is 3.66. The van der Waals surface area contributed by atoms with Gasteiger partial charge in [-0.3, -0.25) is 9.78 Å². The molecule has 0 bridgehead atoms. The van der Waals surface area contributed by atoms with E-state index in [1.807, 2.05) is 12.1 Å². The molecule has 4 rings (SSSR count). The lowest BCUT2D eigenvalue weighted by molar-refractivity contribution is 0.0946. The minimum absolute atomic E-state index is 0.152. The first kappa shape index (κ1) is 21.8. The van der Waals surface area contributed by atoms with Crippen molar-refractivity contribution in [2.45, 2.75) is 26.0 Å². The summed E-state index contributed by atoms with van der Waals surface area (Å²) < 4.78 is 24.8. The van der Waals surface area contributed by atoms with Gasteiger partial charge in [0.05, 0.1) is 31.6 Å². The summed E-state index contributed by atoms with van der Waals surface area (Å²) in [5, 5.41) is 12.5. The van der Waals surface area contributed by atoms with Gasteiger partial charge in [0.25, 0.3) is 5.91 Å². The first-order valence-electron chi connectivity index (χ1n) is 10.5. The van der Waals surface area contributed by atoms with Gasteiger partial charge in [0.15, 0.2) is 11.6 Å². The Balaban J connectivity index is 1.58. The molecule has 32 heavy (non-hydrogen) atoms. The Kier molecular flexibility index (Phi) is 6.66. The van der Waals surface area contributed by atoms with Crippen LogP contribution in [0.15, 0.2) is 54.7 Å². The van der Waals surface area contributed by atoms with Crippen molar-refractivity contribution >= 4 is 5.91 Å². The number of amides is 1. The first-order valence-corrected chi connectivity index (χ1v) is 10.5. The highest BCUT2D eigenvalue weighted by Crippen LogP contribution is 2.32.